The summed E-state index contributed by atoms with van der Waals surface area (Å²) < 4.78 is 1.30. The number of hydrogen-bond acceptors (Lipinski definition) is 8. The first-order valence-corrected chi connectivity index (χ1v) is 6.41. The summed E-state index contributed by atoms with van der Waals surface area (Å²) in [7, 11) is 0. The van der Waals surface area contributed by atoms with E-state index in [2.05, 4.69) is 21.4 Å². The number of imidazole rings is 1. The summed E-state index contributed by atoms with van der Waals surface area (Å²) >= 11 is 0. The number of carbonyl (C=O) groups is 3. The van der Waals surface area contributed by atoms with Crippen molar-refractivity contribution in [3.63, 3.8) is 0 Å². The minimum atomic E-state index is -0.968. The van der Waals surface area contributed by atoms with Gasteiger partial charge in [-0.2, -0.15) is 0 Å². The molecule has 14 heteroatoms. The van der Waals surface area contributed by atoms with Crippen molar-refractivity contribution in [1.29, 1.82) is 0 Å². The molecule has 0 saturated heterocycles. The molecule has 2 heterocycles. The molecule has 0 aromatic carbocycles. The topological polar surface area (TPSA) is 253 Å². The molecule has 2 rings (SSSR count). The first-order valence-electron chi connectivity index (χ1n) is 6.41. The largest absolute Gasteiger partial charge is 0.480 e. The highest BCUT2D eigenvalue weighted by molar-refractivity contribution is 5.76. The Morgan fingerprint density at radius 1 is 1.08 bits per heavy atom. The molecule has 138 valence electrons. The number of nitrogens with two attached hydrogens (primary N) is 3. The second kappa shape index (κ2) is 10.3. The lowest BCUT2D eigenvalue weighted by Crippen LogP contribution is -2.24. The summed E-state index contributed by atoms with van der Waals surface area (Å²) in [6.07, 6.45) is 1.26. The number of amides is 1. The SMILES string of the molecule is NC(=O)Cn1cnc2c(=O)[nH]c(=O)[nH]c21.NCC(=O)O.NCC(=O)O. The lowest BCUT2D eigenvalue weighted by Gasteiger charge is -1.98. The summed E-state index contributed by atoms with van der Waals surface area (Å²) in [4.78, 5) is 59.5. The van der Waals surface area contributed by atoms with Crippen molar-refractivity contribution in [2.24, 2.45) is 17.2 Å². The van der Waals surface area contributed by atoms with Crippen molar-refractivity contribution in [3.05, 3.63) is 27.2 Å². The number of aromatic nitrogens is 4. The summed E-state index contributed by atoms with van der Waals surface area (Å²) in [6, 6.07) is 0. The van der Waals surface area contributed by atoms with Crippen LogP contribution in [0.5, 0.6) is 0 Å². The average molecular weight is 359 g/mol. The van der Waals surface area contributed by atoms with Crippen molar-refractivity contribution in [1.82, 2.24) is 19.5 Å². The Kier molecular flexibility index (Phi) is 8.84. The summed E-state index contributed by atoms with van der Waals surface area (Å²) in [5.41, 5.74) is 13.1. The van der Waals surface area contributed by atoms with Gasteiger partial charge in [0.1, 0.15) is 12.2 Å². The van der Waals surface area contributed by atoms with E-state index < -0.39 is 29.1 Å². The second-order valence-electron chi connectivity index (χ2n) is 4.14. The molecule has 2 aromatic heterocycles. The van der Waals surface area contributed by atoms with Crippen LogP contribution in [0.15, 0.2) is 15.9 Å². The fourth-order valence-corrected chi connectivity index (χ4v) is 1.27. The molecule has 0 atom stereocenters. The number of carboxylic acid groups (broad SMARTS) is 2. The van der Waals surface area contributed by atoms with E-state index in [1.807, 2.05) is 4.98 Å². The average Bonchev–Trinajstić information content (AvgIpc) is 2.91. The van der Waals surface area contributed by atoms with Gasteiger partial charge in [-0.3, -0.25) is 29.1 Å². The van der Waals surface area contributed by atoms with Crippen LogP contribution in [0.2, 0.25) is 0 Å². The van der Waals surface area contributed by atoms with Crippen molar-refractivity contribution < 1.29 is 24.6 Å². The van der Waals surface area contributed by atoms with E-state index in [1.165, 1.54) is 10.9 Å². The molecule has 0 fully saturated rings. The number of carboxylic acids is 2. The highest BCUT2D eigenvalue weighted by Crippen LogP contribution is 2.01. The number of H-pyrrole nitrogens is 2. The predicted molar refractivity (Wildman–Crippen MR) is 83.5 cm³/mol. The van der Waals surface area contributed by atoms with Gasteiger partial charge < -0.3 is 32.0 Å². The van der Waals surface area contributed by atoms with Gasteiger partial charge in [0.2, 0.25) is 5.91 Å². The lowest BCUT2D eigenvalue weighted by molar-refractivity contribution is -0.136. The summed E-state index contributed by atoms with van der Waals surface area (Å²) in [5, 5.41) is 15.2. The number of carbonyl (C=O) groups excluding carboxylic acids is 1. The van der Waals surface area contributed by atoms with E-state index in [1.54, 1.807) is 0 Å². The van der Waals surface area contributed by atoms with Gasteiger partial charge in [0, 0.05) is 0 Å². The van der Waals surface area contributed by atoms with Crippen LogP contribution < -0.4 is 28.5 Å². The third-order valence-electron chi connectivity index (χ3n) is 2.19. The van der Waals surface area contributed by atoms with Gasteiger partial charge in [0.25, 0.3) is 5.56 Å². The van der Waals surface area contributed by atoms with Gasteiger partial charge in [0.05, 0.1) is 19.4 Å². The second-order valence-corrected chi connectivity index (χ2v) is 4.14. The predicted octanol–water partition coefficient (Wildman–Crippen LogP) is -4.04. The van der Waals surface area contributed by atoms with Crippen LogP contribution in [0.1, 0.15) is 0 Å². The normalized spacial score (nSPS) is 9.36. The molecule has 10 N–H and O–H groups in total. The molecule has 25 heavy (non-hydrogen) atoms. The Balaban J connectivity index is 0.000000480. The van der Waals surface area contributed by atoms with Gasteiger partial charge in [-0.25, -0.2) is 9.78 Å². The molecule has 0 spiro atoms. The fraction of sp³-hybridized carbons (Fsp3) is 0.273. The number of nitrogens with zero attached hydrogens (tertiary/aromatic N) is 2. The van der Waals surface area contributed by atoms with E-state index in [-0.39, 0.29) is 30.8 Å². The fourth-order valence-electron chi connectivity index (χ4n) is 1.27. The van der Waals surface area contributed by atoms with Crippen LogP contribution in [-0.2, 0) is 20.9 Å². The number of nitrogens with one attached hydrogen (secondary N) is 2. The van der Waals surface area contributed by atoms with Crippen molar-refractivity contribution in [3.8, 4) is 0 Å². The Hall–Kier alpha value is -3.52. The molecule has 1 amide bonds. The summed E-state index contributed by atoms with van der Waals surface area (Å²) in [6.45, 7) is -0.699. The molecular formula is C11H17N7O7. The van der Waals surface area contributed by atoms with E-state index in [4.69, 9.17) is 15.9 Å². The molecule has 0 bridgehead atoms. The Labute approximate surface area is 138 Å². The van der Waals surface area contributed by atoms with Crippen LogP contribution in [0.3, 0.4) is 0 Å². The monoisotopic (exact) mass is 359 g/mol. The molecule has 0 aliphatic heterocycles. The first kappa shape index (κ1) is 21.5. The molecule has 14 nitrogen and oxygen atoms in total. The lowest BCUT2D eigenvalue weighted by atomic mass is 10.5. The number of hydrogen-bond donors (Lipinski definition) is 7. The van der Waals surface area contributed by atoms with Gasteiger partial charge >= 0.3 is 17.6 Å². The Bertz CT molecular complexity index is 836. The minimum Gasteiger partial charge on any atom is -0.480 e. The van der Waals surface area contributed by atoms with Gasteiger partial charge in [0.15, 0.2) is 5.52 Å². The van der Waals surface area contributed by atoms with Crippen LogP contribution in [0.4, 0.5) is 0 Å². The van der Waals surface area contributed by atoms with Gasteiger partial charge in [-0.15, -0.1) is 0 Å². The Morgan fingerprint density at radius 3 is 1.96 bits per heavy atom. The standard InChI is InChI=1S/C7H7N5O3.2C2H5NO2/c8-3(13)1-12-2-9-4-5(12)10-7(15)11-6(4)14;2*3-1-2(4)5/h2H,1H2,(H2,8,13)(H2,10,11,14,15);2*1,3H2,(H,4,5). The minimum absolute atomic E-state index is 0.0656. The highest BCUT2D eigenvalue weighted by atomic mass is 16.4. The molecule has 2 aromatic rings. The maximum Gasteiger partial charge on any atom is 0.327 e. The van der Waals surface area contributed by atoms with Crippen LogP contribution in [0, 0.1) is 0 Å². The van der Waals surface area contributed by atoms with Gasteiger partial charge in [-0.05, 0) is 0 Å². The zero-order valence-electron chi connectivity index (χ0n) is 12.8. The number of aromatic amines is 2. The Morgan fingerprint density at radius 2 is 1.56 bits per heavy atom. The molecule has 0 radical (unpaired) electrons. The maximum absolute atomic E-state index is 11.2. The van der Waals surface area contributed by atoms with Crippen molar-refractivity contribution in [2.75, 3.05) is 13.1 Å². The molecule has 0 aliphatic carbocycles. The number of primary amides is 1. The molecule has 0 unspecified atom stereocenters. The van der Waals surface area contributed by atoms with Gasteiger partial charge in [-0.1, -0.05) is 0 Å². The van der Waals surface area contributed by atoms with E-state index in [0.29, 0.717) is 0 Å². The zero-order chi connectivity index (χ0) is 19.6. The zero-order valence-corrected chi connectivity index (χ0v) is 12.8. The molecular weight excluding hydrogens is 342 g/mol. The van der Waals surface area contributed by atoms with Crippen LogP contribution in [-0.4, -0.2) is 60.7 Å². The summed E-state index contributed by atoms with van der Waals surface area (Å²) in [5.74, 6) is -2.52. The van der Waals surface area contributed by atoms with Crippen LogP contribution >= 0.6 is 0 Å². The van der Waals surface area contributed by atoms with E-state index in [9.17, 15) is 24.0 Å². The van der Waals surface area contributed by atoms with Crippen LogP contribution in [0.25, 0.3) is 11.2 Å². The van der Waals surface area contributed by atoms with Crippen molar-refractivity contribution in [2.45, 2.75) is 6.54 Å². The number of aliphatic carboxylic acids is 2. The third kappa shape index (κ3) is 8.05. The smallest absolute Gasteiger partial charge is 0.327 e. The number of fused-ring (bicyclic) bond motifs is 1. The third-order valence-corrected chi connectivity index (χ3v) is 2.19. The molecule has 0 aliphatic rings. The quantitative estimate of drug-likeness (QED) is 0.278. The molecule has 0 saturated carbocycles. The van der Waals surface area contributed by atoms with E-state index in [0.717, 1.165) is 0 Å². The first-order chi connectivity index (χ1) is 11.6. The number of rotatable bonds is 4. The van der Waals surface area contributed by atoms with Crippen molar-refractivity contribution >= 4 is 29.0 Å². The highest BCUT2D eigenvalue weighted by Gasteiger charge is 2.08. The van der Waals surface area contributed by atoms with E-state index >= 15 is 0 Å². The maximum atomic E-state index is 11.2.